The van der Waals surface area contributed by atoms with Gasteiger partial charge in [-0.3, -0.25) is 0 Å². The van der Waals surface area contributed by atoms with E-state index in [1.165, 1.54) is 0 Å². The molecule has 1 saturated heterocycles. The van der Waals surface area contributed by atoms with Gasteiger partial charge in [-0.05, 0) is 19.3 Å². The van der Waals surface area contributed by atoms with Crippen LogP contribution in [0.25, 0.3) is 0 Å². The van der Waals surface area contributed by atoms with Crippen LogP contribution in [-0.4, -0.2) is 35.5 Å². The van der Waals surface area contributed by atoms with Crippen LogP contribution in [0.15, 0.2) is 0 Å². The molecule has 0 radical (unpaired) electrons. The summed E-state index contributed by atoms with van der Waals surface area (Å²) in [5.74, 6) is 0.226. The van der Waals surface area contributed by atoms with Crippen LogP contribution in [0.5, 0.6) is 0 Å². The van der Waals surface area contributed by atoms with Gasteiger partial charge in [0.1, 0.15) is 0 Å². The Labute approximate surface area is 61.1 Å². The van der Waals surface area contributed by atoms with E-state index in [2.05, 4.69) is 5.32 Å². The molecule has 1 fully saturated rings. The van der Waals surface area contributed by atoms with Crippen molar-refractivity contribution >= 4 is 0 Å². The van der Waals surface area contributed by atoms with Gasteiger partial charge in [-0.15, -0.1) is 0 Å². The third kappa shape index (κ3) is 1.94. The second-order valence-electron chi connectivity index (χ2n) is 3.05. The summed E-state index contributed by atoms with van der Waals surface area (Å²) < 4.78 is 0. The molecule has 0 aromatic rings. The van der Waals surface area contributed by atoms with Crippen LogP contribution in [0.3, 0.4) is 0 Å². The minimum Gasteiger partial charge on any atom is -0.393 e. The highest BCUT2D eigenvalue weighted by atomic mass is 16.3. The smallest absolute Gasteiger partial charge is 0.0668 e. The molecule has 0 spiro atoms. The van der Waals surface area contributed by atoms with Gasteiger partial charge in [-0.2, -0.15) is 0 Å². The third-order valence-electron chi connectivity index (χ3n) is 2.04. The average Bonchev–Trinajstić information content (AvgIpc) is 1.88. The van der Waals surface area contributed by atoms with Crippen molar-refractivity contribution in [3.63, 3.8) is 0 Å². The molecule has 0 bridgehead atoms. The summed E-state index contributed by atoms with van der Waals surface area (Å²) in [6, 6.07) is 0. The highest BCUT2D eigenvalue weighted by molar-refractivity contribution is 4.78. The van der Waals surface area contributed by atoms with Crippen molar-refractivity contribution in [2.45, 2.75) is 25.6 Å². The fraction of sp³-hybridized carbons (Fsp3) is 1.00. The van der Waals surface area contributed by atoms with Gasteiger partial charge in [0, 0.05) is 13.1 Å². The van der Waals surface area contributed by atoms with Crippen molar-refractivity contribution < 1.29 is 10.2 Å². The maximum absolute atomic E-state index is 9.15. The van der Waals surface area contributed by atoms with Gasteiger partial charge in [0.25, 0.3) is 0 Å². The summed E-state index contributed by atoms with van der Waals surface area (Å²) in [7, 11) is 0. The highest BCUT2D eigenvalue weighted by Crippen LogP contribution is 2.13. The zero-order chi connectivity index (χ0) is 7.56. The molecule has 0 aromatic carbocycles. The van der Waals surface area contributed by atoms with Crippen LogP contribution >= 0.6 is 0 Å². The summed E-state index contributed by atoms with van der Waals surface area (Å²) in [4.78, 5) is 0. The Morgan fingerprint density at radius 3 is 2.60 bits per heavy atom. The molecule has 0 aliphatic carbocycles. The SMILES string of the molecule is CC(O)C1CNCC(O)C1. The van der Waals surface area contributed by atoms with E-state index in [0.29, 0.717) is 6.54 Å². The van der Waals surface area contributed by atoms with Gasteiger partial charge in [0.2, 0.25) is 0 Å². The molecule has 0 saturated carbocycles. The number of β-amino-alcohol motifs (C(OH)–C–C–N with tert-alkyl or cyclic N) is 1. The Kier molecular flexibility index (Phi) is 2.65. The zero-order valence-electron chi connectivity index (χ0n) is 6.25. The topological polar surface area (TPSA) is 52.5 Å². The van der Waals surface area contributed by atoms with Crippen molar-refractivity contribution in [1.82, 2.24) is 5.32 Å². The number of piperidine rings is 1. The summed E-state index contributed by atoms with van der Waals surface area (Å²) in [6.07, 6.45) is 0.154. The lowest BCUT2D eigenvalue weighted by atomic mass is 9.93. The van der Waals surface area contributed by atoms with E-state index in [1.807, 2.05) is 0 Å². The predicted molar refractivity (Wildman–Crippen MR) is 38.7 cm³/mol. The van der Waals surface area contributed by atoms with Gasteiger partial charge < -0.3 is 15.5 Å². The van der Waals surface area contributed by atoms with Crippen molar-refractivity contribution in [2.75, 3.05) is 13.1 Å². The number of hydrogen-bond donors (Lipinski definition) is 3. The lowest BCUT2D eigenvalue weighted by Crippen LogP contribution is -2.43. The van der Waals surface area contributed by atoms with Crippen molar-refractivity contribution in [3.8, 4) is 0 Å². The Balaban J connectivity index is 2.32. The Bertz CT molecular complexity index is 106. The molecule has 60 valence electrons. The summed E-state index contributed by atoms with van der Waals surface area (Å²) in [5, 5.41) is 21.4. The number of nitrogens with one attached hydrogen (secondary N) is 1. The second-order valence-corrected chi connectivity index (χ2v) is 3.05. The van der Waals surface area contributed by atoms with E-state index >= 15 is 0 Å². The Morgan fingerprint density at radius 1 is 1.50 bits per heavy atom. The lowest BCUT2D eigenvalue weighted by Gasteiger charge is -2.28. The molecule has 0 amide bonds. The van der Waals surface area contributed by atoms with Crippen LogP contribution < -0.4 is 5.32 Å². The van der Waals surface area contributed by atoms with Crippen LogP contribution in [0, 0.1) is 5.92 Å². The van der Waals surface area contributed by atoms with Crippen LogP contribution in [-0.2, 0) is 0 Å². The second kappa shape index (κ2) is 3.32. The first-order chi connectivity index (χ1) is 4.70. The van der Waals surface area contributed by atoms with Crippen LogP contribution in [0.4, 0.5) is 0 Å². The van der Waals surface area contributed by atoms with E-state index in [-0.39, 0.29) is 18.1 Å². The molecule has 1 heterocycles. The van der Waals surface area contributed by atoms with Crippen LogP contribution in [0.1, 0.15) is 13.3 Å². The minimum absolute atomic E-state index is 0.226. The van der Waals surface area contributed by atoms with Crippen molar-refractivity contribution in [1.29, 1.82) is 0 Å². The fourth-order valence-corrected chi connectivity index (χ4v) is 1.32. The number of aliphatic hydroxyl groups excluding tert-OH is 2. The van der Waals surface area contributed by atoms with Gasteiger partial charge in [0.05, 0.1) is 12.2 Å². The summed E-state index contributed by atoms with van der Waals surface area (Å²) in [5.41, 5.74) is 0. The Morgan fingerprint density at radius 2 is 2.20 bits per heavy atom. The van der Waals surface area contributed by atoms with Gasteiger partial charge in [-0.1, -0.05) is 0 Å². The molecule has 1 rings (SSSR count). The summed E-state index contributed by atoms with van der Waals surface area (Å²) >= 11 is 0. The first-order valence-electron chi connectivity index (χ1n) is 3.77. The largest absolute Gasteiger partial charge is 0.393 e. The molecular weight excluding hydrogens is 130 g/mol. The monoisotopic (exact) mass is 145 g/mol. The van der Waals surface area contributed by atoms with Crippen molar-refractivity contribution in [3.05, 3.63) is 0 Å². The molecule has 3 unspecified atom stereocenters. The zero-order valence-corrected chi connectivity index (χ0v) is 6.25. The molecule has 3 heteroatoms. The fourth-order valence-electron chi connectivity index (χ4n) is 1.32. The summed E-state index contributed by atoms with van der Waals surface area (Å²) in [6.45, 7) is 3.27. The minimum atomic E-state index is -0.303. The van der Waals surface area contributed by atoms with Crippen LogP contribution in [0.2, 0.25) is 0 Å². The van der Waals surface area contributed by atoms with Gasteiger partial charge >= 0.3 is 0 Å². The average molecular weight is 145 g/mol. The number of hydrogen-bond acceptors (Lipinski definition) is 3. The van der Waals surface area contributed by atoms with E-state index in [4.69, 9.17) is 10.2 Å². The molecule has 3 atom stereocenters. The number of rotatable bonds is 1. The Hall–Kier alpha value is -0.120. The van der Waals surface area contributed by atoms with Gasteiger partial charge in [0.15, 0.2) is 0 Å². The maximum Gasteiger partial charge on any atom is 0.0668 e. The lowest BCUT2D eigenvalue weighted by molar-refractivity contribution is 0.0491. The normalized spacial score (nSPS) is 37.5. The third-order valence-corrected chi connectivity index (χ3v) is 2.04. The first-order valence-corrected chi connectivity index (χ1v) is 3.77. The van der Waals surface area contributed by atoms with Gasteiger partial charge in [-0.25, -0.2) is 0 Å². The molecular formula is C7H15NO2. The highest BCUT2D eigenvalue weighted by Gasteiger charge is 2.22. The molecule has 1 aliphatic rings. The molecule has 3 N–H and O–H groups in total. The standard InChI is InChI=1S/C7H15NO2/c1-5(9)6-2-7(10)4-8-3-6/h5-10H,2-4H2,1H3. The molecule has 0 aromatic heterocycles. The quantitative estimate of drug-likeness (QED) is 0.459. The van der Waals surface area contributed by atoms with E-state index in [1.54, 1.807) is 6.92 Å². The molecule has 10 heavy (non-hydrogen) atoms. The van der Waals surface area contributed by atoms with Crippen molar-refractivity contribution in [2.24, 2.45) is 5.92 Å². The first kappa shape index (κ1) is 7.98. The predicted octanol–water partition coefficient (Wildman–Crippen LogP) is -0.662. The molecule has 1 aliphatic heterocycles. The molecule has 3 nitrogen and oxygen atoms in total. The van der Waals surface area contributed by atoms with E-state index in [9.17, 15) is 0 Å². The number of aliphatic hydroxyl groups is 2. The maximum atomic E-state index is 9.15. The van der Waals surface area contributed by atoms with E-state index in [0.717, 1.165) is 13.0 Å². The van der Waals surface area contributed by atoms with E-state index < -0.39 is 0 Å².